The smallest absolute Gasteiger partial charge is 0.256 e. The molecule has 5 rings (SSSR count). The lowest BCUT2D eigenvalue weighted by Crippen LogP contribution is -2.60. The van der Waals surface area contributed by atoms with Crippen LogP contribution in [0.2, 0.25) is 5.02 Å². The number of carbonyl (C=O) groups is 1. The van der Waals surface area contributed by atoms with Crippen LogP contribution in [0.1, 0.15) is 36.5 Å². The van der Waals surface area contributed by atoms with Gasteiger partial charge in [-0.1, -0.05) is 11.6 Å². The molecule has 31 heavy (non-hydrogen) atoms. The summed E-state index contributed by atoms with van der Waals surface area (Å²) in [5.41, 5.74) is -0.837. The van der Waals surface area contributed by atoms with E-state index in [1.165, 1.54) is 18.2 Å². The van der Waals surface area contributed by atoms with E-state index in [4.69, 9.17) is 11.6 Å². The highest BCUT2D eigenvalue weighted by atomic mass is 79.9. The number of hydrogen-bond donors (Lipinski definition) is 2. The number of nitrogens with one attached hydrogen (secondary N) is 1. The number of aliphatic hydroxyl groups is 1. The second-order valence-electron chi connectivity index (χ2n) is 8.34. The van der Waals surface area contributed by atoms with E-state index in [1.54, 1.807) is 6.92 Å². The van der Waals surface area contributed by atoms with Crippen molar-refractivity contribution in [2.75, 3.05) is 5.32 Å². The molecule has 3 saturated carbocycles. The van der Waals surface area contributed by atoms with Gasteiger partial charge in [0, 0.05) is 16.2 Å². The third-order valence-corrected chi connectivity index (χ3v) is 9.80. The third kappa shape index (κ3) is 3.90. The molecule has 10 heteroatoms. The van der Waals surface area contributed by atoms with Crippen molar-refractivity contribution in [3.05, 3.63) is 57.0 Å². The van der Waals surface area contributed by atoms with Gasteiger partial charge in [-0.2, -0.15) is 0 Å². The van der Waals surface area contributed by atoms with Gasteiger partial charge in [0.05, 0.1) is 26.3 Å². The Morgan fingerprint density at radius 1 is 1.16 bits per heavy atom. The molecule has 0 saturated heterocycles. The summed E-state index contributed by atoms with van der Waals surface area (Å²) in [5.74, 6) is -3.06. The second-order valence-corrected chi connectivity index (χ2v) is 11.8. The number of sulfone groups is 1. The van der Waals surface area contributed by atoms with E-state index < -0.39 is 38.2 Å². The van der Waals surface area contributed by atoms with E-state index in [2.05, 4.69) is 21.2 Å². The molecule has 1 amide bonds. The zero-order chi connectivity index (χ0) is 22.7. The Morgan fingerprint density at radius 3 is 2.39 bits per heavy atom. The summed E-state index contributed by atoms with van der Waals surface area (Å²) >= 11 is 9.44. The minimum atomic E-state index is -3.86. The maximum absolute atomic E-state index is 13.4. The topological polar surface area (TPSA) is 83.5 Å². The van der Waals surface area contributed by atoms with Gasteiger partial charge in [0.15, 0.2) is 21.5 Å². The molecule has 0 heterocycles. The summed E-state index contributed by atoms with van der Waals surface area (Å²) in [6, 6.07) is 5.41. The Bertz CT molecular complexity index is 1170. The summed E-state index contributed by atoms with van der Waals surface area (Å²) in [6.07, 6.45) is 1.46. The predicted octanol–water partition coefficient (Wildman–Crippen LogP) is 4.96. The van der Waals surface area contributed by atoms with Crippen molar-refractivity contribution < 1.29 is 27.1 Å². The van der Waals surface area contributed by atoms with Gasteiger partial charge in [0.25, 0.3) is 5.91 Å². The molecule has 2 bridgehead atoms. The van der Waals surface area contributed by atoms with Gasteiger partial charge in [-0.05, 0) is 78.2 Å². The Morgan fingerprint density at radius 2 is 1.81 bits per heavy atom. The van der Waals surface area contributed by atoms with E-state index in [0.717, 1.165) is 18.6 Å². The molecule has 0 aliphatic heterocycles. The van der Waals surface area contributed by atoms with Gasteiger partial charge >= 0.3 is 0 Å². The molecular weight excluding hydrogens is 516 g/mol. The molecule has 3 fully saturated rings. The first kappa shape index (κ1) is 22.6. The average molecular weight is 535 g/mol. The maximum atomic E-state index is 13.4. The fourth-order valence-corrected chi connectivity index (χ4v) is 7.61. The van der Waals surface area contributed by atoms with Crippen LogP contribution in [0, 0.1) is 23.5 Å². The molecule has 166 valence electrons. The molecular formula is C21H19BrClF2NO4S. The van der Waals surface area contributed by atoms with Gasteiger partial charge in [-0.15, -0.1) is 0 Å². The van der Waals surface area contributed by atoms with E-state index in [0.29, 0.717) is 12.8 Å². The summed E-state index contributed by atoms with van der Waals surface area (Å²) in [7, 11) is -3.86. The molecule has 0 radical (unpaired) electrons. The molecule has 2 N–H and O–H groups in total. The number of anilines is 1. The standard InChI is InChI=1S/C21H19BrClF2NO4S/c1-21(28)10-4-11(21)6-13(5-10)31(29,30)19-8-14(15(22)9-16(19)23)20(27)26-12-2-3-17(24)18(25)7-12/h2-3,7-11,13,28H,4-6H2,1H3,(H,26,27). The normalized spacial score (nSPS) is 27.5. The summed E-state index contributed by atoms with van der Waals surface area (Å²) in [6.45, 7) is 1.74. The molecule has 3 aliphatic rings. The fraction of sp³-hybridized carbons (Fsp3) is 0.381. The lowest BCUT2D eigenvalue weighted by Gasteiger charge is -2.56. The Kier molecular flexibility index (Phi) is 5.69. The third-order valence-electron chi connectivity index (χ3n) is 6.51. The highest BCUT2D eigenvalue weighted by Gasteiger charge is 2.57. The van der Waals surface area contributed by atoms with Crippen molar-refractivity contribution in [2.24, 2.45) is 11.8 Å². The average Bonchev–Trinajstić information content (AvgIpc) is 2.70. The number of amides is 1. The van der Waals surface area contributed by atoms with E-state index in [1.807, 2.05) is 0 Å². The van der Waals surface area contributed by atoms with Gasteiger partial charge in [-0.25, -0.2) is 17.2 Å². The van der Waals surface area contributed by atoms with Crippen molar-refractivity contribution in [3.63, 3.8) is 0 Å². The number of hydrogen-bond acceptors (Lipinski definition) is 4. The van der Waals surface area contributed by atoms with Crippen molar-refractivity contribution in [2.45, 2.75) is 41.9 Å². The van der Waals surface area contributed by atoms with Crippen LogP contribution in [-0.4, -0.2) is 30.3 Å². The summed E-state index contributed by atoms with van der Waals surface area (Å²) in [5, 5.41) is 12.1. The summed E-state index contributed by atoms with van der Waals surface area (Å²) in [4.78, 5) is 12.5. The van der Waals surface area contributed by atoms with Crippen LogP contribution in [0.5, 0.6) is 0 Å². The number of halogens is 4. The molecule has 3 aliphatic carbocycles. The largest absolute Gasteiger partial charge is 0.390 e. The highest BCUT2D eigenvalue weighted by molar-refractivity contribution is 9.10. The van der Waals surface area contributed by atoms with Crippen molar-refractivity contribution >= 4 is 49.0 Å². The predicted molar refractivity (Wildman–Crippen MR) is 116 cm³/mol. The number of fused-ring (bicyclic) bond motifs is 2. The van der Waals surface area contributed by atoms with Gasteiger partial charge in [-0.3, -0.25) is 4.79 Å². The first-order chi connectivity index (χ1) is 14.4. The van der Waals surface area contributed by atoms with Crippen LogP contribution >= 0.6 is 27.5 Å². The second kappa shape index (κ2) is 7.79. The van der Waals surface area contributed by atoms with Crippen LogP contribution in [0.3, 0.4) is 0 Å². The minimum absolute atomic E-state index is 0.0133. The van der Waals surface area contributed by atoms with Crippen LogP contribution in [0.15, 0.2) is 39.7 Å². The Hall–Kier alpha value is -1.55. The van der Waals surface area contributed by atoms with Crippen LogP contribution in [0.4, 0.5) is 14.5 Å². The number of rotatable bonds is 4. The van der Waals surface area contributed by atoms with Crippen molar-refractivity contribution in [1.29, 1.82) is 0 Å². The highest BCUT2D eigenvalue weighted by Crippen LogP contribution is 2.55. The van der Waals surface area contributed by atoms with E-state index in [-0.39, 0.29) is 37.5 Å². The fourth-order valence-electron chi connectivity index (χ4n) is 4.52. The first-order valence-electron chi connectivity index (χ1n) is 9.63. The van der Waals surface area contributed by atoms with E-state index in [9.17, 15) is 27.1 Å². The zero-order valence-corrected chi connectivity index (χ0v) is 19.5. The molecule has 2 aromatic carbocycles. The van der Waals surface area contributed by atoms with Gasteiger partial charge in [0.1, 0.15) is 0 Å². The molecule has 0 spiro atoms. The SMILES string of the molecule is CC1(O)C2CC1CC(S(=O)(=O)c1cc(C(=O)Nc3ccc(F)c(F)c3)c(Br)cc1Cl)C2. The minimum Gasteiger partial charge on any atom is -0.390 e. The lowest BCUT2D eigenvalue weighted by atomic mass is 9.54. The molecule has 2 aromatic rings. The molecule has 0 aromatic heterocycles. The Labute approximate surface area is 191 Å². The Balaban J connectivity index is 1.63. The molecule has 2 atom stereocenters. The van der Waals surface area contributed by atoms with Crippen molar-refractivity contribution in [1.82, 2.24) is 0 Å². The monoisotopic (exact) mass is 533 g/mol. The lowest BCUT2D eigenvalue weighted by molar-refractivity contribution is -0.162. The molecule has 5 nitrogen and oxygen atoms in total. The van der Waals surface area contributed by atoms with Gasteiger partial charge in [0.2, 0.25) is 0 Å². The van der Waals surface area contributed by atoms with E-state index >= 15 is 0 Å². The maximum Gasteiger partial charge on any atom is 0.256 e. The van der Waals surface area contributed by atoms with Crippen LogP contribution < -0.4 is 5.32 Å². The zero-order valence-electron chi connectivity index (χ0n) is 16.3. The summed E-state index contributed by atoms with van der Waals surface area (Å²) < 4.78 is 53.4. The first-order valence-corrected chi connectivity index (χ1v) is 12.3. The van der Waals surface area contributed by atoms with Crippen molar-refractivity contribution in [3.8, 4) is 0 Å². The number of benzene rings is 2. The van der Waals surface area contributed by atoms with Crippen LogP contribution in [-0.2, 0) is 9.84 Å². The van der Waals surface area contributed by atoms with Gasteiger partial charge < -0.3 is 10.4 Å². The molecule has 2 unspecified atom stereocenters. The quantitative estimate of drug-likeness (QED) is 0.581. The number of carbonyl (C=O) groups excluding carboxylic acids is 1. The van der Waals surface area contributed by atoms with Crippen LogP contribution in [0.25, 0.3) is 0 Å².